The van der Waals surface area contributed by atoms with Gasteiger partial charge in [0.1, 0.15) is 6.04 Å². The summed E-state index contributed by atoms with van der Waals surface area (Å²) >= 11 is 0. The summed E-state index contributed by atoms with van der Waals surface area (Å²) in [6.45, 7) is 6.24. The van der Waals surface area contributed by atoms with E-state index in [1.807, 2.05) is 72.8 Å². The summed E-state index contributed by atoms with van der Waals surface area (Å²) < 4.78 is 18.2. The highest BCUT2D eigenvalue weighted by Gasteiger charge is 2.39. The molecule has 2 saturated heterocycles. The van der Waals surface area contributed by atoms with Crippen LogP contribution in [-0.2, 0) is 32.0 Å². The predicted octanol–water partition coefficient (Wildman–Crippen LogP) is 4.49. The van der Waals surface area contributed by atoms with Crippen LogP contribution in [0.2, 0.25) is 0 Å². The number of hydrogen-bond donors (Lipinski definition) is 3. The van der Waals surface area contributed by atoms with Gasteiger partial charge < -0.3 is 34.9 Å². The first kappa shape index (κ1) is 35.0. The van der Waals surface area contributed by atoms with Gasteiger partial charge in [-0.25, -0.2) is 19.6 Å². The molecule has 0 aliphatic carbocycles. The van der Waals surface area contributed by atoms with Gasteiger partial charge in [-0.15, -0.1) is 0 Å². The minimum atomic E-state index is -0.845. The number of amides is 2. The molecule has 0 radical (unpaired) electrons. The molecule has 3 aromatic carbocycles. The molecule has 3 N–H and O–H groups in total. The number of aliphatic hydroxyl groups is 1. The van der Waals surface area contributed by atoms with Gasteiger partial charge in [-0.2, -0.15) is 0 Å². The van der Waals surface area contributed by atoms with E-state index in [4.69, 9.17) is 14.2 Å². The molecule has 0 bridgehead atoms. The van der Waals surface area contributed by atoms with E-state index in [0.717, 1.165) is 60.9 Å². The summed E-state index contributed by atoms with van der Waals surface area (Å²) in [6.07, 6.45) is 2.83. The molecule has 262 valence electrons. The Bertz CT molecular complexity index is 1670. The zero-order valence-corrected chi connectivity index (χ0v) is 28.4. The van der Waals surface area contributed by atoms with Crippen molar-refractivity contribution >= 4 is 23.6 Å². The number of urea groups is 1. The van der Waals surface area contributed by atoms with Gasteiger partial charge in [-0.1, -0.05) is 73.7 Å². The van der Waals surface area contributed by atoms with E-state index in [1.165, 1.54) is 7.11 Å². The molecule has 12 nitrogen and oxygen atoms in total. The van der Waals surface area contributed by atoms with E-state index in [-0.39, 0.29) is 24.7 Å². The molecule has 4 aromatic rings. The largest absolute Gasteiger partial charge is 0.467 e. The van der Waals surface area contributed by atoms with Crippen LogP contribution in [-0.4, -0.2) is 84.0 Å². The van der Waals surface area contributed by atoms with Crippen LogP contribution in [0.5, 0.6) is 0 Å². The lowest BCUT2D eigenvalue weighted by Crippen LogP contribution is -2.51. The third-order valence-corrected chi connectivity index (χ3v) is 9.28. The lowest BCUT2D eigenvalue weighted by Gasteiger charge is -2.44. The molecular weight excluding hydrogens is 636 g/mol. The first-order valence-electron chi connectivity index (χ1n) is 16.9. The minimum Gasteiger partial charge on any atom is -0.467 e. The number of carbonyl (C=O) groups is 2. The number of benzene rings is 3. The number of hydrogen-bond acceptors (Lipinski definition) is 10. The van der Waals surface area contributed by atoms with Gasteiger partial charge in [0.25, 0.3) is 0 Å². The Balaban J connectivity index is 1.12. The SMILES string of the molecule is COC(=O)C(Cc1ccccc1)NC(=O)Nc1ccc(C2OC(CN3CCN(c4ncccn4)CC3)C(C)C(c3ccc(CO)cc3)O2)cc1. The molecule has 6 rings (SSSR count). The summed E-state index contributed by atoms with van der Waals surface area (Å²) in [5.41, 5.74) is 4.12. The van der Waals surface area contributed by atoms with Crippen molar-refractivity contribution in [3.8, 4) is 0 Å². The van der Waals surface area contributed by atoms with Crippen LogP contribution >= 0.6 is 0 Å². The number of carbonyl (C=O) groups excluding carboxylic acids is 2. The zero-order chi connectivity index (χ0) is 34.9. The minimum absolute atomic E-state index is 0.0233. The van der Waals surface area contributed by atoms with Crippen LogP contribution in [0.25, 0.3) is 0 Å². The summed E-state index contributed by atoms with van der Waals surface area (Å²) in [6, 6.07) is 25.1. The maximum atomic E-state index is 12.9. The number of piperazine rings is 1. The number of esters is 1. The van der Waals surface area contributed by atoms with Crippen LogP contribution < -0.4 is 15.5 Å². The molecule has 0 saturated carbocycles. The predicted molar refractivity (Wildman–Crippen MR) is 188 cm³/mol. The first-order chi connectivity index (χ1) is 24.4. The van der Waals surface area contributed by atoms with Crippen molar-refractivity contribution in [1.29, 1.82) is 0 Å². The molecule has 2 fully saturated rings. The zero-order valence-electron chi connectivity index (χ0n) is 28.4. The van der Waals surface area contributed by atoms with Gasteiger partial charge in [-0.05, 0) is 34.9 Å². The number of nitrogens with one attached hydrogen (secondary N) is 2. The van der Waals surface area contributed by atoms with Gasteiger partial charge in [-0.3, -0.25) is 4.90 Å². The smallest absolute Gasteiger partial charge is 0.328 e. The van der Waals surface area contributed by atoms with E-state index in [2.05, 4.69) is 37.3 Å². The highest BCUT2D eigenvalue weighted by Crippen LogP contribution is 2.42. The molecular formula is C38H44N6O6. The number of aliphatic hydroxyl groups excluding tert-OH is 1. The Morgan fingerprint density at radius 1 is 0.880 bits per heavy atom. The van der Waals surface area contributed by atoms with Crippen molar-refractivity contribution in [1.82, 2.24) is 20.2 Å². The topological polar surface area (TPSA) is 138 Å². The van der Waals surface area contributed by atoms with Crippen LogP contribution in [0.1, 0.15) is 41.6 Å². The molecule has 5 unspecified atom stereocenters. The van der Waals surface area contributed by atoms with Crippen molar-refractivity contribution < 1.29 is 28.9 Å². The average Bonchev–Trinajstić information content (AvgIpc) is 3.16. The molecule has 50 heavy (non-hydrogen) atoms. The standard InChI is InChI=1S/C38H44N6O6/c1-26-33(24-43-19-21-44(22-20-43)37-39-17-6-18-40-37)49-36(50-34(26)29-11-9-28(25-45)10-12-29)30-13-15-31(16-14-30)41-38(47)42-32(35(46)48-2)23-27-7-4-3-5-8-27/h3-18,26,32-34,36,45H,19-25H2,1-2H3,(H2,41,42,47). The van der Waals surface area contributed by atoms with E-state index in [9.17, 15) is 14.7 Å². The van der Waals surface area contributed by atoms with Crippen molar-refractivity contribution in [2.24, 2.45) is 5.92 Å². The third kappa shape index (κ3) is 8.82. The lowest BCUT2D eigenvalue weighted by atomic mass is 9.90. The second kappa shape index (κ2) is 16.7. The highest BCUT2D eigenvalue weighted by atomic mass is 16.7. The first-order valence-corrected chi connectivity index (χ1v) is 16.9. The Kier molecular flexibility index (Phi) is 11.7. The second-order valence-electron chi connectivity index (χ2n) is 12.6. The Labute approximate surface area is 292 Å². The number of rotatable bonds is 11. The molecule has 12 heteroatoms. The van der Waals surface area contributed by atoms with Crippen molar-refractivity contribution in [2.75, 3.05) is 50.1 Å². The van der Waals surface area contributed by atoms with Gasteiger partial charge in [0, 0.05) is 68.7 Å². The number of aromatic nitrogens is 2. The van der Waals surface area contributed by atoms with Crippen LogP contribution in [0.3, 0.4) is 0 Å². The summed E-state index contributed by atoms with van der Waals surface area (Å²) in [5.74, 6) is 0.271. The van der Waals surface area contributed by atoms with Gasteiger partial charge in [0.2, 0.25) is 5.95 Å². The monoisotopic (exact) mass is 680 g/mol. The summed E-state index contributed by atoms with van der Waals surface area (Å²) in [7, 11) is 1.30. The van der Waals surface area contributed by atoms with E-state index in [0.29, 0.717) is 12.1 Å². The normalized spacial score (nSPS) is 21.6. The molecule has 0 spiro atoms. The van der Waals surface area contributed by atoms with Crippen LogP contribution in [0.15, 0.2) is 97.3 Å². The average molecular weight is 681 g/mol. The van der Waals surface area contributed by atoms with Gasteiger partial charge in [0.05, 0.1) is 25.9 Å². The number of methoxy groups -OCH3 is 1. The maximum Gasteiger partial charge on any atom is 0.328 e. The number of anilines is 2. The fourth-order valence-electron chi connectivity index (χ4n) is 6.40. The molecule has 5 atom stereocenters. The van der Waals surface area contributed by atoms with Crippen LogP contribution in [0.4, 0.5) is 16.4 Å². The van der Waals surface area contributed by atoms with Crippen LogP contribution in [0, 0.1) is 5.92 Å². The van der Waals surface area contributed by atoms with Gasteiger partial charge in [0.15, 0.2) is 6.29 Å². The number of ether oxygens (including phenoxy) is 3. The van der Waals surface area contributed by atoms with Crippen molar-refractivity contribution in [2.45, 2.75) is 44.5 Å². The van der Waals surface area contributed by atoms with E-state index < -0.39 is 24.3 Å². The van der Waals surface area contributed by atoms with E-state index >= 15 is 0 Å². The summed E-state index contributed by atoms with van der Waals surface area (Å²) in [4.78, 5) is 38.8. The highest BCUT2D eigenvalue weighted by molar-refractivity contribution is 5.92. The fraction of sp³-hybridized carbons (Fsp3) is 0.368. The molecule has 3 heterocycles. The maximum absolute atomic E-state index is 12.9. The third-order valence-electron chi connectivity index (χ3n) is 9.28. The molecule has 1 aromatic heterocycles. The number of nitrogens with zero attached hydrogens (tertiary/aromatic N) is 4. The Morgan fingerprint density at radius 2 is 1.56 bits per heavy atom. The quantitative estimate of drug-likeness (QED) is 0.194. The Morgan fingerprint density at radius 3 is 2.22 bits per heavy atom. The second-order valence-corrected chi connectivity index (χ2v) is 12.6. The van der Waals surface area contributed by atoms with Gasteiger partial charge >= 0.3 is 12.0 Å². The lowest BCUT2D eigenvalue weighted by molar-refractivity contribution is -0.276. The Hall–Kier alpha value is -4.88. The van der Waals surface area contributed by atoms with Crippen molar-refractivity contribution in [3.63, 3.8) is 0 Å². The van der Waals surface area contributed by atoms with Crippen molar-refractivity contribution in [3.05, 3.63) is 120 Å². The van der Waals surface area contributed by atoms with E-state index in [1.54, 1.807) is 24.5 Å². The molecule has 2 aliphatic rings. The molecule has 2 amide bonds. The summed E-state index contributed by atoms with van der Waals surface area (Å²) in [5, 5.41) is 15.1. The molecule has 2 aliphatic heterocycles. The fourth-order valence-corrected chi connectivity index (χ4v) is 6.40.